The van der Waals surface area contributed by atoms with Crippen molar-refractivity contribution in [2.45, 2.75) is 6.92 Å². The van der Waals surface area contributed by atoms with E-state index < -0.39 is 7.53 Å². The van der Waals surface area contributed by atoms with Crippen LogP contribution in [0.5, 0.6) is 0 Å². The minimum absolute atomic E-state index is 0.623. The molecule has 1 aromatic heterocycles. The molecule has 0 aliphatic carbocycles. The highest BCUT2D eigenvalue weighted by Crippen LogP contribution is 2.61. The van der Waals surface area contributed by atoms with Crippen molar-refractivity contribution in [3.8, 4) is 26.6 Å². The van der Waals surface area contributed by atoms with Gasteiger partial charge >= 0.3 is 0 Å². The fourth-order valence-corrected chi connectivity index (χ4v) is 8.93. The highest BCUT2D eigenvalue weighted by molar-refractivity contribution is 7.66. The molecule has 2 aliphatic rings. The van der Waals surface area contributed by atoms with E-state index in [1.54, 1.807) is 22.7 Å². The molecule has 0 spiro atoms. The highest BCUT2D eigenvalue weighted by Gasteiger charge is 2.24. The minimum Gasteiger partial charge on any atom is -0.391 e. The van der Waals surface area contributed by atoms with E-state index in [-0.39, 0.29) is 0 Å². The van der Waals surface area contributed by atoms with Gasteiger partial charge in [0.05, 0.1) is 14.6 Å². The topological polar surface area (TPSA) is 49.9 Å². The van der Waals surface area contributed by atoms with E-state index in [1.165, 1.54) is 42.0 Å². The number of benzene rings is 2. The summed E-state index contributed by atoms with van der Waals surface area (Å²) in [5, 5.41) is 13.1. The average Bonchev–Trinajstić information content (AvgIpc) is 3.22. The van der Waals surface area contributed by atoms with E-state index in [0.717, 1.165) is 5.00 Å². The molecule has 0 radical (unpaired) electrons. The van der Waals surface area contributed by atoms with Gasteiger partial charge in [0.25, 0.3) is 0 Å². The fraction of sp³-hybridized carbons (Fsp3) is 0.0455. The summed E-state index contributed by atoms with van der Waals surface area (Å²) >= 11 is 3.26. The molecule has 0 saturated carbocycles. The van der Waals surface area contributed by atoms with Crippen LogP contribution in [0.2, 0.25) is 0 Å². The van der Waals surface area contributed by atoms with Crippen molar-refractivity contribution < 1.29 is 0 Å². The largest absolute Gasteiger partial charge is 0.391 e. The summed E-state index contributed by atoms with van der Waals surface area (Å²) in [5.41, 5.74) is 10.0. The molecule has 2 nitrogen and oxygen atoms in total. The third-order valence-corrected chi connectivity index (χ3v) is 9.54. The summed E-state index contributed by atoms with van der Waals surface area (Å²) in [7, 11) is -0.683. The number of thiophene rings is 2. The van der Waals surface area contributed by atoms with Crippen LogP contribution in [0.15, 0.2) is 66.7 Å². The zero-order valence-electron chi connectivity index (χ0n) is 14.7. The van der Waals surface area contributed by atoms with Gasteiger partial charge < -0.3 is 5.73 Å². The molecule has 2 aliphatic heterocycles. The predicted octanol–water partition coefficient (Wildman–Crippen LogP) is 7.08. The highest BCUT2D eigenvalue weighted by atomic mass is 32.1. The monoisotopic (exact) mass is 404 g/mol. The Morgan fingerprint density at radius 2 is 1.67 bits per heavy atom. The van der Waals surface area contributed by atoms with Gasteiger partial charge in [-0.2, -0.15) is 0 Å². The van der Waals surface area contributed by atoms with Crippen LogP contribution < -0.4 is 10.4 Å². The van der Waals surface area contributed by atoms with Crippen LogP contribution in [-0.2, 0) is 0 Å². The van der Waals surface area contributed by atoms with Crippen LogP contribution in [0.3, 0.4) is 0 Å². The molecule has 5 rings (SSSR count). The van der Waals surface area contributed by atoms with Gasteiger partial charge in [0.1, 0.15) is 4.67 Å². The molecule has 3 N–H and O–H groups in total. The lowest BCUT2D eigenvalue weighted by Crippen LogP contribution is -1.86. The number of nitrogens with one attached hydrogen (secondary N) is 1. The molecular formula is C22H17N2PS2. The lowest BCUT2D eigenvalue weighted by Gasteiger charge is -2.17. The molecule has 2 aromatic carbocycles. The average molecular weight is 405 g/mol. The number of rotatable bonds is 2. The van der Waals surface area contributed by atoms with Gasteiger partial charge in [0.15, 0.2) is 0 Å². The molecule has 5 heteroatoms. The zero-order valence-corrected chi connectivity index (χ0v) is 17.2. The van der Waals surface area contributed by atoms with Crippen molar-refractivity contribution in [2.24, 2.45) is 0 Å². The Morgan fingerprint density at radius 1 is 0.926 bits per heavy atom. The first-order valence-electron chi connectivity index (χ1n) is 8.67. The Balaban J connectivity index is 2.01. The molecule has 0 saturated heterocycles. The van der Waals surface area contributed by atoms with E-state index in [1.807, 2.05) is 0 Å². The van der Waals surface area contributed by atoms with Gasteiger partial charge in [-0.05, 0) is 35.5 Å². The van der Waals surface area contributed by atoms with Crippen molar-refractivity contribution in [3.05, 3.63) is 77.0 Å². The molecule has 0 bridgehead atoms. The minimum atomic E-state index is -0.683. The summed E-state index contributed by atoms with van der Waals surface area (Å²) in [6, 6.07) is 23.4. The number of hydrogen-bond donors (Lipinski definition) is 2. The lowest BCUT2D eigenvalue weighted by atomic mass is 10.0. The summed E-state index contributed by atoms with van der Waals surface area (Å²) in [6.45, 7) is 2.16. The van der Waals surface area contributed by atoms with Gasteiger partial charge in [-0.3, -0.25) is 5.41 Å². The number of nitrogen functional groups attached to an aromatic ring is 1. The first kappa shape index (κ1) is 16.8. The first-order chi connectivity index (χ1) is 13.1. The van der Waals surface area contributed by atoms with E-state index in [9.17, 15) is 0 Å². The summed E-state index contributed by atoms with van der Waals surface area (Å²) in [5.74, 6) is 0. The van der Waals surface area contributed by atoms with E-state index in [4.69, 9.17) is 11.1 Å². The number of nitrogens with two attached hydrogens (primary N) is 1. The van der Waals surface area contributed by atoms with Crippen molar-refractivity contribution >= 4 is 45.0 Å². The van der Waals surface area contributed by atoms with E-state index >= 15 is 0 Å². The number of aryl methyl sites for hydroxylation is 1. The molecule has 1 atom stereocenters. The maximum Gasteiger partial charge on any atom is 0.108 e. The number of anilines is 1. The summed E-state index contributed by atoms with van der Waals surface area (Å²) in [6.07, 6.45) is 0. The van der Waals surface area contributed by atoms with Crippen LogP contribution >= 0.6 is 30.2 Å². The Bertz CT molecular complexity index is 1310. The predicted molar refractivity (Wildman–Crippen MR) is 121 cm³/mol. The number of fused-ring (bicyclic) bond motifs is 2. The van der Waals surface area contributed by atoms with Crippen molar-refractivity contribution in [1.82, 2.24) is 0 Å². The normalized spacial score (nSPS) is 12.1. The summed E-state index contributed by atoms with van der Waals surface area (Å²) < 4.78 is 1.89. The first-order valence-corrected chi connectivity index (χ1v) is 11.6. The second-order valence-corrected chi connectivity index (χ2v) is 10.8. The molecule has 27 heavy (non-hydrogen) atoms. The van der Waals surface area contributed by atoms with Crippen LogP contribution in [0.1, 0.15) is 5.56 Å². The van der Waals surface area contributed by atoms with E-state index in [2.05, 4.69) is 73.7 Å². The van der Waals surface area contributed by atoms with Crippen LogP contribution in [0, 0.1) is 12.3 Å². The third-order valence-electron chi connectivity index (χ3n) is 4.81. The van der Waals surface area contributed by atoms with Crippen molar-refractivity contribution in [2.75, 3.05) is 5.73 Å². The smallest absolute Gasteiger partial charge is 0.108 e. The molecule has 0 amide bonds. The van der Waals surface area contributed by atoms with Gasteiger partial charge in [-0.15, -0.1) is 22.7 Å². The van der Waals surface area contributed by atoms with Crippen LogP contribution in [0.25, 0.3) is 36.4 Å². The molecular weight excluding hydrogens is 387 g/mol. The van der Waals surface area contributed by atoms with Gasteiger partial charge in [0, 0.05) is 16.0 Å². The van der Waals surface area contributed by atoms with Crippen molar-refractivity contribution in [1.29, 1.82) is 5.41 Å². The van der Waals surface area contributed by atoms with Crippen molar-refractivity contribution in [3.63, 3.8) is 0 Å². The van der Waals surface area contributed by atoms with Crippen LogP contribution in [-0.4, -0.2) is 0 Å². The van der Waals surface area contributed by atoms with Gasteiger partial charge in [0.2, 0.25) is 0 Å². The van der Waals surface area contributed by atoms with E-state index in [0.29, 0.717) is 4.67 Å². The molecule has 3 heterocycles. The fourth-order valence-electron chi connectivity index (χ4n) is 3.66. The zero-order chi connectivity index (χ0) is 18.5. The Hall–Kier alpha value is -2.39. The molecule has 132 valence electrons. The Labute approximate surface area is 166 Å². The standard InChI is InChI=1S/C22H17N2PS2/c1-13-7-5-6-10-15(13)20-21-16(11-18(23)26-21)25(14-8-3-2-4-9-14)17-12-19(24)27-22(17)20/h2-12,23H,24H2,1H3. The summed E-state index contributed by atoms with van der Waals surface area (Å²) in [4.78, 5) is 1.23. The quantitative estimate of drug-likeness (QED) is 0.324. The molecule has 3 aromatic rings. The molecule has 1 unspecified atom stereocenters. The SMILES string of the molecule is Cc1ccccc1-c1c2sc(=N)cc-2p(-c2ccccc2)c2cc(N)sc12. The van der Waals surface area contributed by atoms with Gasteiger partial charge in [-0.25, -0.2) is 0 Å². The van der Waals surface area contributed by atoms with Crippen LogP contribution in [0.4, 0.5) is 5.00 Å². The third kappa shape index (κ3) is 2.64. The molecule has 0 fully saturated rings. The maximum absolute atomic E-state index is 8.35. The Morgan fingerprint density at radius 3 is 2.44 bits per heavy atom. The second kappa shape index (κ2) is 6.35. The second-order valence-electron chi connectivity index (χ2n) is 6.55. The number of hydrogen-bond acceptors (Lipinski definition) is 4. The van der Waals surface area contributed by atoms with Gasteiger partial charge in [-0.1, -0.05) is 62.1 Å². The Kier molecular flexibility index (Phi) is 3.94. The maximum atomic E-state index is 8.35. The lowest BCUT2D eigenvalue weighted by molar-refractivity contribution is 1.36.